The summed E-state index contributed by atoms with van der Waals surface area (Å²) < 4.78 is 2.51. The monoisotopic (exact) mass is 298 g/mol. The molecule has 0 spiro atoms. The van der Waals surface area contributed by atoms with Gasteiger partial charge < -0.3 is 0 Å². The van der Waals surface area contributed by atoms with Gasteiger partial charge in [0.2, 0.25) is 0 Å². The van der Waals surface area contributed by atoms with E-state index in [1.165, 1.54) is 0 Å². The first-order valence-corrected chi connectivity index (χ1v) is 6.07. The summed E-state index contributed by atoms with van der Waals surface area (Å²) in [5.41, 5.74) is 1.39. The van der Waals surface area contributed by atoms with Gasteiger partial charge in [-0.2, -0.15) is 10.4 Å². The smallest absolute Gasteiger partial charge is 0.155 e. The lowest BCUT2D eigenvalue weighted by Crippen LogP contribution is -1.99. The van der Waals surface area contributed by atoms with Crippen LogP contribution < -0.4 is 0 Å². The Bertz CT molecular complexity index is 770. The summed E-state index contributed by atoms with van der Waals surface area (Å²) in [6.07, 6.45) is 3.49. The van der Waals surface area contributed by atoms with Gasteiger partial charge in [-0.3, -0.25) is 0 Å². The van der Waals surface area contributed by atoms with Gasteiger partial charge in [-0.25, -0.2) is 9.67 Å². The van der Waals surface area contributed by atoms with Crippen LogP contribution in [-0.2, 0) is 0 Å². The Morgan fingerprint density at radius 2 is 2.11 bits per heavy atom. The largest absolute Gasteiger partial charge is 0.229 e. The van der Waals surface area contributed by atoms with Crippen LogP contribution in [-0.4, -0.2) is 14.8 Å². The molecule has 0 saturated heterocycles. The summed E-state index contributed by atoms with van der Waals surface area (Å²) >= 11 is 3.34. The number of para-hydroxylation sites is 1. The van der Waals surface area contributed by atoms with Crippen molar-refractivity contribution in [2.24, 2.45) is 0 Å². The van der Waals surface area contributed by atoms with Crippen LogP contribution in [0.4, 0.5) is 0 Å². The number of hydrogen-bond donors (Lipinski definition) is 0. The van der Waals surface area contributed by atoms with E-state index in [0.29, 0.717) is 11.4 Å². The van der Waals surface area contributed by atoms with Gasteiger partial charge in [0, 0.05) is 17.6 Å². The predicted octanol–water partition coefficient (Wildman–Crippen LogP) is 3.05. The maximum atomic E-state index is 9.20. The number of fused-ring (bicyclic) bond motifs is 1. The molecule has 0 aliphatic carbocycles. The van der Waals surface area contributed by atoms with Crippen molar-refractivity contribution in [3.05, 3.63) is 52.8 Å². The molecule has 86 valence electrons. The first kappa shape index (κ1) is 10.9. The normalized spacial score (nSPS) is 10.4. The molecular weight excluding hydrogens is 292 g/mol. The van der Waals surface area contributed by atoms with Crippen molar-refractivity contribution in [3.63, 3.8) is 0 Å². The van der Waals surface area contributed by atoms with Gasteiger partial charge in [0.1, 0.15) is 0 Å². The zero-order chi connectivity index (χ0) is 12.5. The van der Waals surface area contributed by atoms with E-state index in [9.17, 15) is 5.26 Å². The van der Waals surface area contributed by atoms with Crippen molar-refractivity contribution in [2.45, 2.75) is 0 Å². The van der Waals surface area contributed by atoms with E-state index in [-0.39, 0.29) is 0 Å². The molecule has 0 bridgehead atoms. The van der Waals surface area contributed by atoms with Gasteiger partial charge in [-0.1, -0.05) is 18.2 Å². The van der Waals surface area contributed by atoms with Crippen LogP contribution in [0.15, 0.2) is 47.2 Å². The molecule has 0 amide bonds. The number of hydrogen-bond acceptors (Lipinski definition) is 3. The second-order valence-corrected chi connectivity index (χ2v) is 4.68. The van der Waals surface area contributed by atoms with Crippen LogP contribution in [0.5, 0.6) is 0 Å². The van der Waals surface area contributed by atoms with Crippen LogP contribution in [0.25, 0.3) is 16.7 Å². The van der Waals surface area contributed by atoms with Crippen molar-refractivity contribution >= 4 is 26.8 Å². The van der Waals surface area contributed by atoms with Crippen LogP contribution in [0.2, 0.25) is 0 Å². The third kappa shape index (κ3) is 1.77. The molecule has 0 aliphatic heterocycles. The van der Waals surface area contributed by atoms with Crippen LogP contribution in [0, 0.1) is 11.3 Å². The van der Waals surface area contributed by atoms with Crippen molar-refractivity contribution in [3.8, 4) is 11.9 Å². The van der Waals surface area contributed by atoms with Crippen molar-refractivity contribution < 1.29 is 0 Å². The molecule has 18 heavy (non-hydrogen) atoms. The average molecular weight is 299 g/mol. The highest BCUT2D eigenvalue weighted by Gasteiger charge is 2.07. The van der Waals surface area contributed by atoms with E-state index in [0.717, 1.165) is 15.4 Å². The van der Waals surface area contributed by atoms with Crippen LogP contribution in [0.1, 0.15) is 5.56 Å². The summed E-state index contributed by atoms with van der Waals surface area (Å²) in [6, 6.07) is 11.5. The predicted molar refractivity (Wildman–Crippen MR) is 71.3 cm³/mol. The Labute approximate surface area is 112 Å². The molecule has 0 N–H and O–H groups in total. The minimum absolute atomic E-state index is 0.599. The Morgan fingerprint density at radius 1 is 1.28 bits per heavy atom. The number of nitriles is 1. The maximum absolute atomic E-state index is 9.20. The molecule has 0 atom stereocenters. The van der Waals surface area contributed by atoms with E-state index in [1.54, 1.807) is 23.1 Å². The molecule has 0 aliphatic rings. The lowest BCUT2D eigenvalue weighted by atomic mass is 10.1. The molecule has 0 unspecified atom stereocenters. The lowest BCUT2D eigenvalue weighted by molar-refractivity contribution is 0.852. The molecule has 2 aromatic heterocycles. The summed E-state index contributed by atoms with van der Waals surface area (Å²) in [7, 11) is 0. The Kier molecular flexibility index (Phi) is 2.58. The van der Waals surface area contributed by atoms with Gasteiger partial charge >= 0.3 is 0 Å². The second kappa shape index (κ2) is 4.24. The first-order valence-electron chi connectivity index (χ1n) is 5.28. The Hall–Kier alpha value is -2.19. The Morgan fingerprint density at radius 3 is 2.83 bits per heavy atom. The second-order valence-electron chi connectivity index (χ2n) is 3.76. The molecule has 2 heterocycles. The highest BCUT2D eigenvalue weighted by molar-refractivity contribution is 9.10. The van der Waals surface area contributed by atoms with E-state index in [2.05, 4.69) is 32.1 Å². The fourth-order valence-corrected chi connectivity index (χ4v) is 2.08. The third-order valence-corrected chi connectivity index (χ3v) is 3.02. The van der Waals surface area contributed by atoms with Gasteiger partial charge in [-0.15, -0.1) is 0 Å². The minimum Gasteiger partial charge on any atom is -0.229 e. The van der Waals surface area contributed by atoms with Crippen LogP contribution in [0.3, 0.4) is 0 Å². The van der Waals surface area contributed by atoms with Crippen LogP contribution >= 0.6 is 15.9 Å². The van der Waals surface area contributed by atoms with E-state index >= 15 is 0 Å². The summed E-state index contributed by atoms with van der Waals surface area (Å²) in [4.78, 5) is 4.50. The summed E-state index contributed by atoms with van der Waals surface area (Å²) in [5, 5.41) is 14.2. The van der Waals surface area contributed by atoms with Crippen molar-refractivity contribution in [1.82, 2.24) is 14.8 Å². The lowest BCUT2D eigenvalue weighted by Gasteiger charge is -2.04. The topological polar surface area (TPSA) is 54.5 Å². The SMILES string of the molecule is N#Cc1cc(-n2cc(Br)cn2)nc2ccccc12. The first-order chi connectivity index (χ1) is 8.78. The minimum atomic E-state index is 0.599. The number of nitrogens with zero attached hydrogens (tertiary/aromatic N) is 4. The molecule has 0 radical (unpaired) electrons. The van der Waals surface area contributed by atoms with Crippen molar-refractivity contribution in [1.29, 1.82) is 5.26 Å². The molecule has 4 nitrogen and oxygen atoms in total. The molecular formula is C13H7BrN4. The van der Waals surface area contributed by atoms with Crippen molar-refractivity contribution in [2.75, 3.05) is 0 Å². The molecule has 0 saturated carbocycles. The number of aromatic nitrogens is 3. The molecule has 3 rings (SSSR count). The molecule has 1 aromatic carbocycles. The number of pyridine rings is 1. The number of halogens is 1. The fourth-order valence-electron chi connectivity index (χ4n) is 1.80. The maximum Gasteiger partial charge on any atom is 0.155 e. The number of benzene rings is 1. The summed E-state index contributed by atoms with van der Waals surface area (Å²) in [5.74, 6) is 0.635. The number of rotatable bonds is 1. The van der Waals surface area contributed by atoms with E-state index in [4.69, 9.17) is 0 Å². The van der Waals surface area contributed by atoms with Gasteiger partial charge in [-0.05, 0) is 22.0 Å². The molecule has 0 fully saturated rings. The highest BCUT2D eigenvalue weighted by Crippen LogP contribution is 2.20. The average Bonchev–Trinajstić information content (AvgIpc) is 2.84. The fraction of sp³-hybridized carbons (Fsp3) is 0. The highest BCUT2D eigenvalue weighted by atomic mass is 79.9. The zero-order valence-corrected chi connectivity index (χ0v) is 10.8. The third-order valence-electron chi connectivity index (χ3n) is 2.61. The quantitative estimate of drug-likeness (QED) is 0.694. The summed E-state index contributed by atoms with van der Waals surface area (Å²) in [6.45, 7) is 0. The van der Waals surface area contributed by atoms with E-state index < -0.39 is 0 Å². The molecule has 3 aromatic rings. The standard InChI is InChI=1S/C13H7BrN4/c14-10-7-16-18(8-10)13-5-9(6-15)11-3-1-2-4-12(11)17-13/h1-5,7-8H. The molecule has 5 heteroatoms. The van der Waals surface area contributed by atoms with Gasteiger partial charge in [0.15, 0.2) is 5.82 Å². The zero-order valence-electron chi connectivity index (χ0n) is 9.21. The van der Waals surface area contributed by atoms with Gasteiger partial charge in [0.25, 0.3) is 0 Å². The Balaban J connectivity index is 2.29. The van der Waals surface area contributed by atoms with E-state index in [1.807, 2.05) is 24.3 Å². The van der Waals surface area contributed by atoms with Gasteiger partial charge in [0.05, 0.1) is 27.8 Å².